The highest BCUT2D eigenvalue weighted by atomic mass is 16.3. The number of hydrogen-bond donors (Lipinski definition) is 1. The lowest BCUT2D eigenvalue weighted by Crippen LogP contribution is -2.36. The number of aliphatic hydroxyl groups is 1. The summed E-state index contributed by atoms with van der Waals surface area (Å²) in [5.74, 6) is 0.637. The highest BCUT2D eigenvalue weighted by molar-refractivity contribution is 5.89. The molecule has 2 fully saturated rings. The molecule has 1 N–H and O–H groups in total. The van der Waals surface area contributed by atoms with Crippen molar-refractivity contribution in [2.45, 2.75) is 38.7 Å². The Kier molecular flexibility index (Phi) is 4.45. The van der Waals surface area contributed by atoms with E-state index < -0.39 is 6.10 Å². The maximum atomic E-state index is 12.2. The van der Waals surface area contributed by atoms with Crippen LogP contribution in [0.1, 0.15) is 32.6 Å². The van der Waals surface area contributed by atoms with Gasteiger partial charge in [-0.2, -0.15) is 0 Å². The summed E-state index contributed by atoms with van der Waals surface area (Å²) in [6.07, 6.45) is 2.97. The highest BCUT2D eigenvalue weighted by Crippen LogP contribution is 2.32. The van der Waals surface area contributed by atoms with Gasteiger partial charge in [0.05, 0.1) is 12.0 Å². The molecule has 5 heteroatoms. The SMILES string of the molecule is CC(O)CCN(C)C(=O)C1CC(=O)N(CC2CC2)C1. The van der Waals surface area contributed by atoms with Crippen LogP contribution in [0, 0.1) is 11.8 Å². The van der Waals surface area contributed by atoms with Crippen molar-refractivity contribution in [3.63, 3.8) is 0 Å². The zero-order valence-electron chi connectivity index (χ0n) is 11.8. The first kappa shape index (κ1) is 14.3. The average Bonchev–Trinajstić information content (AvgIpc) is 3.09. The predicted octanol–water partition coefficient (Wildman–Crippen LogP) is 0.474. The lowest BCUT2D eigenvalue weighted by Gasteiger charge is -2.22. The van der Waals surface area contributed by atoms with Gasteiger partial charge >= 0.3 is 0 Å². The minimum atomic E-state index is -0.396. The molecule has 0 aromatic rings. The Morgan fingerprint density at radius 2 is 2.21 bits per heavy atom. The molecular weight excluding hydrogens is 244 g/mol. The molecule has 0 aromatic carbocycles. The third kappa shape index (κ3) is 3.93. The molecule has 2 rings (SSSR count). The van der Waals surface area contributed by atoms with E-state index in [4.69, 9.17) is 0 Å². The van der Waals surface area contributed by atoms with E-state index in [1.54, 1.807) is 18.9 Å². The zero-order valence-corrected chi connectivity index (χ0v) is 11.8. The number of rotatable bonds is 6. The minimum Gasteiger partial charge on any atom is -0.393 e. The Labute approximate surface area is 114 Å². The molecule has 2 atom stereocenters. The molecule has 2 aliphatic rings. The van der Waals surface area contributed by atoms with Gasteiger partial charge in [0.25, 0.3) is 0 Å². The normalized spacial score (nSPS) is 24.7. The second-order valence-electron chi connectivity index (χ2n) is 6.04. The minimum absolute atomic E-state index is 0.0345. The van der Waals surface area contributed by atoms with Gasteiger partial charge in [0.2, 0.25) is 11.8 Å². The summed E-state index contributed by atoms with van der Waals surface area (Å²) in [6, 6.07) is 0. The Morgan fingerprint density at radius 3 is 2.79 bits per heavy atom. The van der Waals surface area contributed by atoms with Crippen molar-refractivity contribution in [3.8, 4) is 0 Å². The van der Waals surface area contributed by atoms with Gasteiger partial charge in [-0.1, -0.05) is 0 Å². The van der Waals surface area contributed by atoms with E-state index in [1.165, 1.54) is 12.8 Å². The van der Waals surface area contributed by atoms with E-state index >= 15 is 0 Å². The van der Waals surface area contributed by atoms with Crippen molar-refractivity contribution in [3.05, 3.63) is 0 Å². The van der Waals surface area contributed by atoms with Crippen LogP contribution >= 0.6 is 0 Å². The number of nitrogens with zero attached hydrogens (tertiary/aromatic N) is 2. The van der Waals surface area contributed by atoms with Crippen molar-refractivity contribution in [1.82, 2.24) is 9.80 Å². The Morgan fingerprint density at radius 1 is 1.53 bits per heavy atom. The Bertz CT molecular complexity index is 353. The summed E-state index contributed by atoms with van der Waals surface area (Å²) in [7, 11) is 1.75. The fourth-order valence-electron chi connectivity index (χ4n) is 2.53. The van der Waals surface area contributed by atoms with Gasteiger partial charge in [-0.05, 0) is 32.1 Å². The molecule has 108 valence electrons. The summed E-state index contributed by atoms with van der Waals surface area (Å²) >= 11 is 0. The fourth-order valence-corrected chi connectivity index (χ4v) is 2.53. The van der Waals surface area contributed by atoms with Gasteiger partial charge in [-0.15, -0.1) is 0 Å². The number of carbonyl (C=O) groups is 2. The maximum absolute atomic E-state index is 12.2. The van der Waals surface area contributed by atoms with Crippen LogP contribution in [0.4, 0.5) is 0 Å². The zero-order chi connectivity index (χ0) is 14.0. The topological polar surface area (TPSA) is 60.9 Å². The van der Waals surface area contributed by atoms with Gasteiger partial charge < -0.3 is 14.9 Å². The molecule has 1 aliphatic heterocycles. The van der Waals surface area contributed by atoms with E-state index in [0.717, 1.165) is 6.54 Å². The van der Waals surface area contributed by atoms with Gasteiger partial charge in [-0.25, -0.2) is 0 Å². The number of amides is 2. The third-order valence-corrected chi connectivity index (χ3v) is 4.00. The molecule has 19 heavy (non-hydrogen) atoms. The maximum Gasteiger partial charge on any atom is 0.227 e. The molecule has 0 bridgehead atoms. The predicted molar refractivity (Wildman–Crippen MR) is 71.3 cm³/mol. The van der Waals surface area contributed by atoms with E-state index in [9.17, 15) is 14.7 Å². The first-order chi connectivity index (χ1) is 8.97. The number of aliphatic hydroxyl groups excluding tert-OH is 1. The number of likely N-dealkylation sites (tertiary alicyclic amines) is 1. The first-order valence-electron chi connectivity index (χ1n) is 7.18. The van der Waals surface area contributed by atoms with E-state index in [0.29, 0.717) is 31.8 Å². The molecule has 5 nitrogen and oxygen atoms in total. The second kappa shape index (κ2) is 5.90. The second-order valence-corrected chi connectivity index (χ2v) is 6.04. The quantitative estimate of drug-likeness (QED) is 0.762. The third-order valence-electron chi connectivity index (χ3n) is 4.00. The number of hydrogen-bond acceptors (Lipinski definition) is 3. The standard InChI is InChI=1S/C14H24N2O3/c1-10(17)5-6-15(2)14(19)12-7-13(18)16(9-12)8-11-3-4-11/h10-12,17H,3-9H2,1-2H3. The monoisotopic (exact) mass is 268 g/mol. The molecule has 0 aromatic heterocycles. The Balaban J connectivity index is 1.80. The van der Waals surface area contributed by atoms with Crippen molar-refractivity contribution in [1.29, 1.82) is 0 Å². The first-order valence-corrected chi connectivity index (χ1v) is 7.18. The molecule has 0 radical (unpaired) electrons. The molecule has 0 spiro atoms. The van der Waals surface area contributed by atoms with Crippen molar-refractivity contribution in [2.75, 3.05) is 26.7 Å². The number of carbonyl (C=O) groups excluding carboxylic acids is 2. The van der Waals surface area contributed by atoms with Crippen LogP contribution in [-0.2, 0) is 9.59 Å². The van der Waals surface area contributed by atoms with Crippen LogP contribution in [0.2, 0.25) is 0 Å². The summed E-state index contributed by atoms with van der Waals surface area (Å²) in [5.41, 5.74) is 0. The van der Waals surface area contributed by atoms with Crippen LogP contribution in [0.15, 0.2) is 0 Å². The van der Waals surface area contributed by atoms with Crippen LogP contribution < -0.4 is 0 Å². The summed E-state index contributed by atoms with van der Waals surface area (Å²) < 4.78 is 0. The molecule has 2 unspecified atom stereocenters. The van der Waals surface area contributed by atoms with E-state index in [-0.39, 0.29) is 17.7 Å². The van der Waals surface area contributed by atoms with E-state index in [1.807, 2.05) is 4.90 Å². The van der Waals surface area contributed by atoms with Gasteiger partial charge in [0.15, 0.2) is 0 Å². The molecule has 1 heterocycles. The van der Waals surface area contributed by atoms with Crippen molar-refractivity contribution in [2.24, 2.45) is 11.8 Å². The summed E-state index contributed by atoms with van der Waals surface area (Å²) in [6.45, 7) is 3.67. The van der Waals surface area contributed by atoms with E-state index in [2.05, 4.69) is 0 Å². The van der Waals surface area contributed by atoms with Crippen LogP contribution in [-0.4, -0.2) is 59.5 Å². The van der Waals surface area contributed by atoms with Crippen LogP contribution in [0.3, 0.4) is 0 Å². The molecule has 2 amide bonds. The van der Waals surface area contributed by atoms with Crippen molar-refractivity contribution >= 4 is 11.8 Å². The largest absolute Gasteiger partial charge is 0.393 e. The van der Waals surface area contributed by atoms with Gasteiger partial charge in [0, 0.05) is 33.1 Å². The van der Waals surface area contributed by atoms with Crippen LogP contribution in [0.25, 0.3) is 0 Å². The lowest BCUT2D eigenvalue weighted by molar-refractivity contribution is -0.134. The summed E-state index contributed by atoms with van der Waals surface area (Å²) in [4.78, 5) is 27.6. The van der Waals surface area contributed by atoms with Gasteiger partial charge in [-0.3, -0.25) is 9.59 Å². The smallest absolute Gasteiger partial charge is 0.227 e. The lowest BCUT2D eigenvalue weighted by atomic mass is 10.1. The summed E-state index contributed by atoms with van der Waals surface area (Å²) in [5, 5.41) is 9.24. The Hall–Kier alpha value is -1.10. The molecule has 1 aliphatic carbocycles. The van der Waals surface area contributed by atoms with Gasteiger partial charge in [0.1, 0.15) is 0 Å². The molecular formula is C14H24N2O3. The highest BCUT2D eigenvalue weighted by Gasteiger charge is 2.37. The van der Waals surface area contributed by atoms with Crippen molar-refractivity contribution < 1.29 is 14.7 Å². The molecule has 1 saturated heterocycles. The molecule has 1 saturated carbocycles. The average molecular weight is 268 g/mol. The fraction of sp³-hybridized carbons (Fsp3) is 0.857. The van der Waals surface area contributed by atoms with Crippen LogP contribution in [0.5, 0.6) is 0 Å².